The number of carbonyl (C=O) groups is 2. The number of Topliss-reactive ketones (excluding diaryl/α,β-unsaturated/α-hetero) is 2. The lowest BCUT2D eigenvalue weighted by Gasteiger charge is -2.11. The molecule has 0 bridgehead atoms. The Morgan fingerprint density at radius 1 is 0.933 bits per heavy atom. The van der Waals surface area contributed by atoms with E-state index in [1.54, 1.807) is 17.4 Å². The Morgan fingerprint density at radius 2 is 1.73 bits per heavy atom. The molecule has 0 radical (unpaired) electrons. The van der Waals surface area contributed by atoms with E-state index in [-0.39, 0.29) is 17.1 Å². The number of benzene rings is 2. The van der Waals surface area contributed by atoms with Crippen molar-refractivity contribution in [1.29, 1.82) is 0 Å². The molecule has 0 aliphatic heterocycles. The number of fused-ring (bicyclic) bond motifs is 3. The van der Waals surface area contributed by atoms with Crippen molar-refractivity contribution in [1.82, 2.24) is 4.98 Å². The highest BCUT2D eigenvalue weighted by atomic mass is 32.1. The van der Waals surface area contributed by atoms with Crippen LogP contribution in [-0.4, -0.2) is 16.6 Å². The number of aryl methyl sites for hydroxylation is 1. The molecule has 2 aliphatic rings. The zero-order chi connectivity index (χ0) is 20.2. The molecule has 0 atom stereocenters. The predicted molar refractivity (Wildman–Crippen MR) is 123 cm³/mol. The van der Waals surface area contributed by atoms with Crippen LogP contribution in [-0.2, 0) is 6.42 Å². The molecule has 6 rings (SSSR count). The summed E-state index contributed by atoms with van der Waals surface area (Å²) in [5, 5.41) is 0.982. The van der Waals surface area contributed by atoms with Gasteiger partial charge < -0.3 is 0 Å². The zero-order valence-electron chi connectivity index (χ0n) is 15.8. The van der Waals surface area contributed by atoms with Gasteiger partial charge in [-0.3, -0.25) is 9.59 Å². The molecule has 2 aromatic heterocycles. The van der Waals surface area contributed by atoms with E-state index in [4.69, 9.17) is 4.98 Å². The number of hydrogen-bond donors (Lipinski definition) is 0. The van der Waals surface area contributed by atoms with Gasteiger partial charge in [0.1, 0.15) is 9.84 Å². The van der Waals surface area contributed by atoms with E-state index in [9.17, 15) is 9.59 Å². The van der Waals surface area contributed by atoms with Crippen LogP contribution in [0.4, 0.5) is 0 Å². The van der Waals surface area contributed by atoms with Crippen molar-refractivity contribution in [2.45, 2.75) is 12.8 Å². The van der Waals surface area contributed by atoms with Gasteiger partial charge in [-0.15, -0.1) is 22.7 Å². The lowest BCUT2D eigenvalue weighted by atomic mass is 9.93. The van der Waals surface area contributed by atoms with Crippen LogP contribution in [0.2, 0.25) is 0 Å². The number of ketones is 2. The molecular formula is C25H15NO2S2. The quantitative estimate of drug-likeness (QED) is 0.274. The van der Waals surface area contributed by atoms with Crippen LogP contribution < -0.4 is 0 Å². The highest BCUT2D eigenvalue weighted by molar-refractivity contribution is 7.29. The molecule has 30 heavy (non-hydrogen) atoms. The summed E-state index contributed by atoms with van der Waals surface area (Å²) in [4.78, 5) is 32.5. The second-order valence-electron chi connectivity index (χ2n) is 7.46. The molecule has 0 amide bonds. The van der Waals surface area contributed by atoms with Crippen LogP contribution in [0.3, 0.4) is 0 Å². The van der Waals surface area contributed by atoms with Crippen LogP contribution >= 0.6 is 22.7 Å². The number of thiazole rings is 1. The second-order valence-corrected chi connectivity index (χ2v) is 9.55. The van der Waals surface area contributed by atoms with E-state index in [1.807, 2.05) is 54.6 Å². The number of rotatable bonds is 2. The van der Waals surface area contributed by atoms with E-state index in [0.29, 0.717) is 11.1 Å². The maximum absolute atomic E-state index is 13.0. The number of carbonyl (C=O) groups excluding carboxylic acids is 2. The van der Waals surface area contributed by atoms with Crippen molar-refractivity contribution in [3.8, 4) is 10.6 Å². The van der Waals surface area contributed by atoms with Gasteiger partial charge in [-0.1, -0.05) is 42.5 Å². The average molecular weight is 426 g/mol. The van der Waals surface area contributed by atoms with E-state index < -0.39 is 0 Å². The summed E-state index contributed by atoms with van der Waals surface area (Å²) in [6.45, 7) is 0. The minimum atomic E-state index is -0.175. The summed E-state index contributed by atoms with van der Waals surface area (Å²) >= 11 is 3.14. The van der Waals surface area contributed by atoms with Crippen molar-refractivity contribution >= 4 is 55.9 Å². The maximum Gasteiger partial charge on any atom is 0.197 e. The second kappa shape index (κ2) is 6.69. The van der Waals surface area contributed by atoms with Crippen molar-refractivity contribution in [2.75, 3.05) is 0 Å². The molecular weight excluding hydrogens is 410 g/mol. The fraction of sp³-hybridized carbons (Fsp3) is 0.0800. The standard InChI is InChI=1S/C25H15NO2S2/c27-22-18-10-15-8-4-5-9-16(15)11-19(18)23(28)20(22)12-17-13-21-25(29-17)26-24(30-21)14-6-2-1-3-7-14/h1-4,6-8,10-13H,5,9H2/b20-12-. The summed E-state index contributed by atoms with van der Waals surface area (Å²) in [6, 6.07) is 15.9. The molecule has 5 heteroatoms. The fourth-order valence-electron chi connectivity index (χ4n) is 4.05. The SMILES string of the molecule is O=C1/C(=C/c2cc3sc(-c4ccccc4)nc3s2)C(=O)c2cc3c(cc21)C=CCC3. The summed E-state index contributed by atoms with van der Waals surface area (Å²) in [5.41, 5.74) is 4.63. The van der Waals surface area contributed by atoms with Crippen molar-refractivity contribution in [3.05, 3.63) is 87.3 Å². The van der Waals surface area contributed by atoms with E-state index >= 15 is 0 Å². The normalized spacial score (nSPS) is 16.5. The minimum Gasteiger partial charge on any atom is -0.288 e. The van der Waals surface area contributed by atoms with Gasteiger partial charge in [0.2, 0.25) is 0 Å². The number of hydrogen-bond acceptors (Lipinski definition) is 5. The summed E-state index contributed by atoms with van der Waals surface area (Å²) in [6.07, 6.45) is 7.78. The lowest BCUT2D eigenvalue weighted by Crippen LogP contribution is -2.00. The number of thiophene rings is 1. The Morgan fingerprint density at radius 3 is 2.53 bits per heavy atom. The molecule has 2 heterocycles. The van der Waals surface area contributed by atoms with Crippen LogP contribution in [0.25, 0.3) is 32.3 Å². The first-order valence-corrected chi connectivity index (χ1v) is 11.4. The summed E-state index contributed by atoms with van der Waals surface area (Å²) < 4.78 is 1.07. The van der Waals surface area contributed by atoms with E-state index in [2.05, 4.69) is 6.08 Å². The molecule has 2 aromatic carbocycles. The van der Waals surface area contributed by atoms with E-state index in [0.717, 1.165) is 48.9 Å². The van der Waals surface area contributed by atoms with Gasteiger partial charge in [-0.2, -0.15) is 0 Å². The molecule has 0 saturated carbocycles. The Bertz CT molecular complexity index is 1390. The van der Waals surface area contributed by atoms with Gasteiger partial charge >= 0.3 is 0 Å². The van der Waals surface area contributed by atoms with Crippen LogP contribution in [0.15, 0.2) is 60.2 Å². The molecule has 3 nitrogen and oxygen atoms in total. The van der Waals surface area contributed by atoms with Gasteiger partial charge in [0.15, 0.2) is 11.6 Å². The van der Waals surface area contributed by atoms with Gasteiger partial charge in [0.25, 0.3) is 0 Å². The molecule has 0 fully saturated rings. The van der Waals surface area contributed by atoms with Crippen LogP contribution in [0.1, 0.15) is 43.1 Å². The highest BCUT2D eigenvalue weighted by Gasteiger charge is 2.34. The molecule has 0 unspecified atom stereocenters. The molecule has 0 saturated heterocycles. The monoisotopic (exact) mass is 425 g/mol. The predicted octanol–water partition coefficient (Wildman–Crippen LogP) is 6.45. The van der Waals surface area contributed by atoms with Crippen molar-refractivity contribution in [3.63, 3.8) is 0 Å². The number of aromatic nitrogens is 1. The molecule has 4 aromatic rings. The first-order valence-electron chi connectivity index (χ1n) is 9.78. The van der Waals surface area contributed by atoms with E-state index in [1.165, 1.54) is 11.3 Å². The van der Waals surface area contributed by atoms with Gasteiger partial charge in [0.05, 0.1) is 10.3 Å². The maximum atomic E-state index is 13.0. The van der Waals surface area contributed by atoms with Gasteiger partial charge in [-0.05, 0) is 48.2 Å². The topological polar surface area (TPSA) is 47.0 Å². The van der Waals surface area contributed by atoms with Crippen molar-refractivity contribution in [2.24, 2.45) is 0 Å². The molecule has 0 N–H and O–H groups in total. The highest BCUT2D eigenvalue weighted by Crippen LogP contribution is 2.38. The third kappa shape index (κ3) is 2.74. The smallest absolute Gasteiger partial charge is 0.197 e. The first-order chi connectivity index (χ1) is 14.7. The van der Waals surface area contributed by atoms with Crippen LogP contribution in [0, 0.1) is 0 Å². The Hall–Kier alpha value is -3.15. The molecule has 144 valence electrons. The Kier molecular flexibility index (Phi) is 3.94. The largest absolute Gasteiger partial charge is 0.288 e. The molecule has 2 aliphatic carbocycles. The number of allylic oxidation sites excluding steroid dienone is 2. The fourth-order valence-corrected chi connectivity index (χ4v) is 6.23. The van der Waals surface area contributed by atoms with Crippen molar-refractivity contribution < 1.29 is 9.59 Å². The summed E-state index contributed by atoms with van der Waals surface area (Å²) in [5.74, 6) is -0.339. The van der Waals surface area contributed by atoms with Crippen LogP contribution in [0.5, 0.6) is 0 Å². The average Bonchev–Trinajstić information content (AvgIpc) is 3.41. The number of nitrogens with zero attached hydrogens (tertiary/aromatic N) is 1. The Balaban J connectivity index is 1.37. The lowest BCUT2D eigenvalue weighted by molar-refractivity contribution is 0.0990. The zero-order valence-corrected chi connectivity index (χ0v) is 17.5. The third-order valence-electron chi connectivity index (χ3n) is 5.55. The third-order valence-corrected chi connectivity index (χ3v) is 7.71. The minimum absolute atomic E-state index is 0.165. The Labute approximate surface area is 181 Å². The van der Waals surface area contributed by atoms with Gasteiger partial charge in [0, 0.05) is 21.6 Å². The first kappa shape index (κ1) is 17.7. The van der Waals surface area contributed by atoms with Gasteiger partial charge in [-0.25, -0.2) is 4.98 Å². The summed E-state index contributed by atoms with van der Waals surface area (Å²) in [7, 11) is 0. The molecule has 0 spiro atoms.